The zero-order chi connectivity index (χ0) is 13.0. The van der Waals surface area contributed by atoms with E-state index in [9.17, 15) is 5.11 Å². The van der Waals surface area contributed by atoms with Gasteiger partial charge >= 0.3 is 0 Å². The Morgan fingerprint density at radius 3 is 2.39 bits per heavy atom. The van der Waals surface area contributed by atoms with Gasteiger partial charge < -0.3 is 9.84 Å². The Kier molecular flexibility index (Phi) is 3.49. The third kappa shape index (κ3) is 2.61. The van der Waals surface area contributed by atoms with E-state index < -0.39 is 0 Å². The van der Waals surface area contributed by atoms with Gasteiger partial charge in [-0.2, -0.15) is 5.26 Å². The van der Waals surface area contributed by atoms with Crippen LogP contribution in [0.3, 0.4) is 0 Å². The molecule has 0 bridgehead atoms. The Hall–Kier alpha value is -2.47. The summed E-state index contributed by atoms with van der Waals surface area (Å²) in [5, 5.41) is 18.2. The average molecular weight is 239 g/mol. The van der Waals surface area contributed by atoms with Gasteiger partial charge in [0.05, 0.1) is 18.7 Å². The van der Waals surface area contributed by atoms with E-state index in [1.54, 1.807) is 18.2 Å². The normalized spacial score (nSPS) is 9.78. The predicted octanol–water partition coefficient (Wildman–Crippen LogP) is 2.86. The van der Waals surface area contributed by atoms with E-state index in [0.717, 1.165) is 17.5 Å². The van der Waals surface area contributed by atoms with E-state index in [4.69, 9.17) is 10.00 Å². The van der Waals surface area contributed by atoms with Crippen molar-refractivity contribution >= 4 is 0 Å². The number of phenols is 1. The molecular weight excluding hydrogens is 226 g/mol. The van der Waals surface area contributed by atoms with Gasteiger partial charge in [-0.05, 0) is 41.8 Å². The van der Waals surface area contributed by atoms with Crippen molar-refractivity contribution in [3.63, 3.8) is 0 Å². The fraction of sp³-hybridized carbons (Fsp3) is 0.133. The van der Waals surface area contributed by atoms with Crippen molar-refractivity contribution in [2.24, 2.45) is 0 Å². The highest BCUT2D eigenvalue weighted by Crippen LogP contribution is 2.27. The lowest BCUT2D eigenvalue weighted by molar-refractivity contribution is 0.373. The second-order valence-corrected chi connectivity index (χ2v) is 3.99. The Bertz CT molecular complexity index is 582. The second-order valence-electron chi connectivity index (χ2n) is 3.99. The highest BCUT2D eigenvalue weighted by molar-refractivity contribution is 5.43. The number of nitrogens with zero attached hydrogens (tertiary/aromatic N) is 1. The van der Waals surface area contributed by atoms with Crippen LogP contribution in [0.4, 0.5) is 0 Å². The van der Waals surface area contributed by atoms with Crippen LogP contribution in [-0.4, -0.2) is 12.2 Å². The number of nitriles is 1. The maximum Gasteiger partial charge on any atom is 0.160 e. The standard InChI is InChI=1S/C15H13NO2/c1-18-15-9-13(6-7-14(15)17)8-11-2-4-12(10-16)5-3-11/h2-7,9,17H,8H2,1H3. The number of hydrogen-bond donors (Lipinski definition) is 1. The number of ether oxygens (including phenoxy) is 1. The number of rotatable bonds is 3. The molecule has 3 heteroatoms. The van der Waals surface area contributed by atoms with Crippen LogP contribution in [0, 0.1) is 11.3 Å². The SMILES string of the molecule is COc1cc(Cc2ccc(C#N)cc2)ccc1O. The van der Waals surface area contributed by atoms with E-state index in [2.05, 4.69) is 6.07 Å². The summed E-state index contributed by atoms with van der Waals surface area (Å²) < 4.78 is 5.07. The summed E-state index contributed by atoms with van der Waals surface area (Å²) in [6, 6.07) is 14.8. The molecule has 2 aromatic carbocycles. The van der Waals surface area contributed by atoms with Gasteiger partial charge in [-0.3, -0.25) is 0 Å². The quantitative estimate of drug-likeness (QED) is 0.896. The number of methoxy groups -OCH3 is 1. The maximum atomic E-state index is 9.51. The van der Waals surface area contributed by atoms with Crippen LogP contribution in [0.25, 0.3) is 0 Å². The summed E-state index contributed by atoms with van der Waals surface area (Å²) in [4.78, 5) is 0. The van der Waals surface area contributed by atoms with Crippen LogP contribution in [0.5, 0.6) is 11.5 Å². The molecule has 2 aromatic rings. The topological polar surface area (TPSA) is 53.2 Å². The minimum atomic E-state index is 0.140. The van der Waals surface area contributed by atoms with Crippen LogP contribution in [0.2, 0.25) is 0 Å². The predicted molar refractivity (Wildman–Crippen MR) is 68.6 cm³/mol. The monoisotopic (exact) mass is 239 g/mol. The molecule has 2 rings (SSSR count). The highest BCUT2D eigenvalue weighted by atomic mass is 16.5. The number of aromatic hydroxyl groups is 1. The first-order valence-corrected chi connectivity index (χ1v) is 5.58. The molecule has 90 valence electrons. The van der Waals surface area contributed by atoms with Crippen molar-refractivity contribution in [3.8, 4) is 17.6 Å². The zero-order valence-electron chi connectivity index (χ0n) is 10.1. The van der Waals surface area contributed by atoms with Crippen molar-refractivity contribution in [2.75, 3.05) is 7.11 Å². The maximum absolute atomic E-state index is 9.51. The fourth-order valence-corrected chi connectivity index (χ4v) is 1.76. The Morgan fingerprint density at radius 1 is 1.11 bits per heavy atom. The summed E-state index contributed by atoms with van der Waals surface area (Å²) in [7, 11) is 1.53. The molecule has 0 unspecified atom stereocenters. The molecular formula is C15H13NO2. The van der Waals surface area contributed by atoms with Crippen molar-refractivity contribution in [3.05, 3.63) is 59.2 Å². The number of phenolic OH excluding ortho intramolecular Hbond substituents is 1. The minimum absolute atomic E-state index is 0.140. The third-order valence-corrected chi connectivity index (χ3v) is 2.74. The minimum Gasteiger partial charge on any atom is -0.504 e. The molecule has 0 heterocycles. The molecule has 0 atom stereocenters. The van der Waals surface area contributed by atoms with Gasteiger partial charge in [0, 0.05) is 0 Å². The van der Waals surface area contributed by atoms with E-state index in [-0.39, 0.29) is 5.75 Å². The smallest absolute Gasteiger partial charge is 0.160 e. The molecule has 0 radical (unpaired) electrons. The number of hydrogen-bond acceptors (Lipinski definition) is 3. The summed E-state index contributed by atoms with van der Waals surface area (Å²) in [6.07, 6.45) is 0.738. The van der Waals surface area contributed by atoms with Crippen LogP contribution in [-0.2, 0) is 6.42 Å². The van der Waals surface area contributed by atoms with Crippen LogP contribution in [0.15, 0.2) is 42.5 Å². The first-order chi connectivity index (χ1) is 8.72. The molecule has 18 heavy (non-hydrogen) atoms. The lowest BCUT2D eigenvalue weighted by Crippen LogP contribution is -1.90. The van der Waals surface area contributed by atoms with Crippen molar-refractivity contribution in [2.45, 2.75) is 6.42 Å². The van der Waals surface area contributed by atoms with Gasteiger partial charge in [-0.15, -0.1) is 0 Å². The van der Waals surface area contributed by atoms with Crippen LogP contribution < -0.4 is 4.74 Å². The second kappa shape index (κ2) is 5.24. The van der Waals surface area contributed by atoms with Crippen molar-refractivity contribution in [1.82, 2.24) is 0 Å². The highest BCUT2D eigenvalue weighted by Gasteiger charge is 2.03. The molecule has 0 aliphatic heterocycles. The van der Waals surface area contributed by atoms with E-state index in [0.29, 0.717) is 11.3 Å². The molecule has 0 spiro atoms. The molecule has 0 aliphatic carbocycles. The van der Waals surface area contributed by atoms with Gasteiger partial charge in [0.25, 0.3) is 0 Å². The Morgan fingerprint density at radius 2 is 1.78 bits per heavy atom. The van der Waals surface area contributed by atoms with Crippen LogP contribution >= 0.6 is 0 Å². The van der Waals surface area contributed by atoms with E-state index in [1.807, 2.05) is 24.3 Å². The van der Waals surface area contributed by atoms with Gasteiger partial charge in [0.1, 0.15) is 0 Å². The Labute approximate surface area is 106 Å². The average Bonchev–Trinajstić information content (AvgIpc) is 2.42. The van der Waals surface area contributed by atoms with E-state index >= 15 is 0 Å². The largest absolute Gasteiger partial charge is 0.504 e. The summed E-state index contributed by atoms with van der Waals surface area (Å²) in [6.45, 7) is 0. The number of benzene rings is 2. The van der Waals surface area contributed by atoms with Crippen molar-refractivity contribution < 1.29 is 9.84 Å². The zero-order valence-corrected chi connectivity index (χ0v) is 10.1. The molecule has 0 saturated heterocycles. The lowest BCUT2D eigenvalue weighted by atomic mass is 10.0. The molecule has 0 aliphatic rings. The molecule has 0 aromatic heterocycles. The molecule has 0 saturated carbocycles. The molecule has 0 amide bonds. The first kappa shape index (κ1) is 12.0. The van der Waals surface area contributed by atoms with Gasteiger partial charge in [0.15, 0.2) is 11.5 Å². The Balaban J connectivity index is 2.20. The van der Waals surface area contributed by atoms with E-state index in [1.165, 1.54) is 7.11 Å². The van der Waals surface area contributed by atoms with Gasteiger partial charge in [0.2, 0.25) is 0 Å². The molecule has 0 fully saturated rings. The van der Waals surface area contributed by atoms with Crippen LogP contribution in [0.1, 0.15) is 16.7 Å². The summed E-state index contributed by atoms with van der Waals surface area (Å²) in [5.41, 5.74) is 2.82. The van der Waals surface area contributed by atoms with Gasteiger partial charge in [-0.25, -0.2) is 0 Å². The molecule has 1 N–H and O–H groups in total. The first-order valence-electron chi connectivity index (χ1n) is 5.58. The summed E-state index contributed by atoms with van der Waals surface area (Å²) in [5.74, 6) is 0.613. The third-order valence-electron chi connectivity index (χ3n) is 2.74. The lowest BCUT2D eigenvalue weighted by Gasteiger charge is -2.07. The molecule has 3 nitrogen and oxygen atoms in total. The fourth-order valence-electron chi connectivity index (χ4n) is 1.76. The summed E-state index contributed by atoms with van der Waals surface area (Å²) >= 11 is 0. The van der Waals surface area contributed by atoms with Crippen molar-refractivity contribution in [1.29, 1.82) is 5.26 Å². The van der Waals surface area contributed by atoms with Gasteiger partial charge in [-0.1, -0.05) is 18.2 Å².